The van der Waals surface area contributed by atoms with Gasteiger partial charge in [-0.05, 0) is 25.5 Å². The third-order valence-electron chi connectivity index (χ3n) is 3.71. The maximum Gasteiger partial charge on any atom is 0.320 e. The SMILES string of the molecule is CC(C)c1ccc(-c2noc(CN(C)C(C)C(=O)O)n2)cc1.Cl. The van der Waals surface area contributed by atoms with Crippen LogP contribution >= 0.6 is 12.4 Å². The van der Waals surface area contributed by atoms with Gasteiger partial charge in [-0.1, -0.05) is 43.3 Å². The van der Waals surface area contributed by atoms with Gasteiger partial charge < -0.3 is 9.63 Å². The van der Waals surface area contributed by atoms with Crippen molar-refractivity contribution in [3.05, 3.63) is 35.7 Å². The minimum Gasteiger partial charge on any atom is -0.480 e. The summed E-state index contributed by atoms with van der Waals surface area (Å²) in [6.45, 7) is 6.19. The Hall–Kier alpha value is -1.92. The number of aromatic nitrogens is 2. The fraction of sp³-hybridized carbons (Fsp3) is 0.438. The Kier molecular flexibility index (Phi) is 6.72. The zero-order valence-corrected chi connectivity index (χ0v) is 14.5. The number of hydrogen-bond acceptors (Lipinski definition) is 5. The Balaban J connectivity index is 0.00000264. The molecule has 1 unspecified atom stereocenters. The molecule has 2 aromatic rings. The summed E-state index contributed by atoms with van der Waals surface area (Å²) in [5, 5.41) is 12.9. The molecule has 0 aliphatic heterocycles. The van der Waals surface area contributed by atoms with E-state index in [9.17, 15) is 4.79 Å². The van der Waals surface area contributed by atoms with Crippen molar-refractivity contribution >= 4 is 18.4 Å². The number of carboxylic acids is 1. The molecule has 0 saturated carbocycles. The first-order valence-electron chi connectivity index (χ1n) is 7.24. The summed E-state index contributed by atoms with van der Waals surface area (Å²) in [6, 6.07) is 7.42. The molecule has 0 aliphatic carbocycles. The van der Waals surface area contributed by atoms with Crippen molar-refractivity contribution in [1.82, 2.24) is 15.0 Å². The van der Waals surface area contributed by atoms with Crippen LogP contribution in [0.5, 0.6) is 0 Å². The van der Waals surface area contributed by atoms with Gasteiger partial charge in [0, 0.05) is 5.56 Å². The number of carbonyl (C=O) groups is 1. The van der Waals surface area contributed by atoms with Crippen molar-refractivity contribution in [1.29, 1.82) is 0 Å². The van der Waals surface area contributed by atoms with Gasteiger partial charge in [-0.25, -0.2) is 0 Å². The second-order valence-corrected chi connectivity index (χ2v) is 5.72. The molecule has 0 amide bonds. The van der Waals surface area contributed by atoms with Crippen LogP contribution in [0.25, 0.3) is 11.4 Å². The molecule has 1 N–H and O–H groups in total. The summed E-state index contributed by atoms with van der Waals surface area (Å²) in [7, 11) is 1.71. The van der Waals surface area contributed by atoms with Crippen LogP contribution in [0.15, 0.2) is 28.8 Å². The first-order valence-corrected chi connectivity index (χ1v) is 7.24. The number of likely N-dealkylation sites (N-methyl/N-ethyl adjacent to an activating group) is 1. The van der Waals surface area contributed by atoms with E-state index < -0.39 is 12.0 Å². The Labute approximate surface area is 141 Å². The third kappa shape index (κ3) is 4.77. The molecule has 0 saturated heterocycles. The summed E-state index contributed by atoms with van der Waals surface area (Å²) in [5.74, 6) is 0.507. The lowest BCUT2D eigenvalue weighted by Crippen LogP contribution is -2.35. The Morgan fingerprint density at radius 1 is 1.26 bits per heavy atom. The van der Waals surface area contributed by atoms with E-state index in [4.69, 9.17) is 9.63 Å². The van der Waals surface area contributed by atoms with Crippen molar-refractivity contribution in [3.63, 3.8) is 0 Å². The molecule has 7 heteroatoms. The van der Waals surface area contributed by atoms with Gasteiger partial charge in [0.15, 0.2) is 0 Å². The van der Waals surface area contributed by atoms with Gasteiger partial charge in [0.25, 0.3) is 0 Å². The van der Waals surface area contributed by atoms with Crippen LogP contribution in [0, 0.1) is 0 Å². The zero-order chi connectivity index (χ0) is 16.3. The Morgan fingerprint density at radius 2 is 1.87 bits per heavy atom. The van der Waals surface area contributed by atoms with Crippen LogP contribution in [0.3, 0.4) is 0 Å². The molecule has 2 rings (SSSR count). The highest BCUT2D eigenvalue weighted by Gasteiger charge is 2.19. The van der Waals surface area contributed by atoms with Crippen LogP contribution in [-0.2, 0) is 11.3 Å². The van der Waals surface area contributed by atoms with Gasteiger partial charge in [0.2, 0.25) is 11.7 Å². The quantitative estimate of drug-likeness (QED) is 0.870. The Morgan fingerprint density at radius 3 is 2.39 bits per heavy atom. The third-order valence-corrected chi connectivity index (χ3v) is 3.71. The lowest BCUT2D eigenvalue weighted by molar-refractivity contribution is -0.142. The van der Waals surface area contributed by atoms with Crippen molar-refractivity contribution in [3.8, 4) is 11.4 Å². The van der Waals surface area contributed by atoms with Crippen molar-refractivity contribution in [2.24, 2.45) is 0 Å². The minimum atomic E-state index is -0.883. The van der Waals surface area contributed by atoms with E-state index in [2.05, 4.69) is 36.1 Å². The number of benzene rings is 1. The predicted octanol–water partition coefficient (Wildman–Crippen LogP) is 3.19. The molecule has 0 aliphatic rings. The highest BCUT2D eigenvalue weighted by atomic mass is 35.5. The van der Waals surface area contributed by atoms with Crippen molar-refractivity contribution in [2.75, 3.05) is 7.05 Å². The number of aliphatic carboxylic acids is 1. The fourth-order valence-corrected chi connectivity index (χ4v) is 1.99. The molecule has 1 aromatic heterocycles. The first kappa shape index (κ1) is 19.1. The monoisotopic (exact) mass is 339 g/mol. The topological polar surface area (TPSA) is 79.5 Å². The molecule has 23 heavy (non-hydrogen) atoms. The van der Waals surface area contributed by atoms with Gasteiger partial charge in [0.1, 0.15) is 6.04 Å². The summed E-state index contributed by atoms with van der Waals surface area (Å²) in [4.78, 5) is 16.9. The second-order valence-electron chi connectivity index (χ2n) is 5.72. The average molecular weight is 340 g/mol. The highest BCUT2D eigenvalue weighted by Crippen LogP contribution is 2.20. The van der Waals surface area contributed by atoms with E-state index in [0.29, 0.717) is 24.2 Å². The summed E-state index contributed by atoms with van der Waals surface area (Å²) >= 11 is 0. The predicted molar refractivity (Wildman–Crippen MR) is 89.6 cm³/mol. The largest absolute Gasteiger partial charge is 0.480 e. The standard InChI is InChI=1S/C16H21N3O3.ClH/c1-10(2)12-5-7-13(8-6-12)15-17-14(22-18-15)9-19(4)11(3)16(20)21;/h5-8,10-11H,9H2,1-4H3,(H,20,21);1H. The normalized spacial score (nSPS) is 12.3. The van der Waals surface area contributed by atoms with Gasteiger partial charge in [0.05, 0.1) is 6.54 Å². The number of rotatable bonds is 6. The van der Waals surface area contributed by atoms with E-state index in [1.165, 1.54) is 5.56 Å². The number of halogens is 1. The van der Waals surface area contributed by atoms with E-state index in [1.54, 1.807) is 18.9 Å². The molecule has 126 valence electrons. The molecule has 1 heterocycles. The molecule has 0 radical (unpaired) electrons. The van der Waals surface area contributed by atoms with Crippen LogP contribution in [0.1, 0.15) is 38.1 Å². The number of carboxylic acid groups (broad SMARTS) is 1. The summed E-state index contributed by atoms with van der Waals surface area (Å²) < 4.78 is 5.20. The molecule has 0 fully saturated rings. The molecular formula is C16H22ClN3O3. The molecule has 1 atom stereocenters. The fourth-order valence-electron chi connectivity index (χ4n) is 1.99. The van der Waals surface area contributed by atoms with Crippen molar-refractivity contribution < 1.29 is 14.4 Å². The van der Waals surface area contributed by atoms with Crippen LogP contribution in [0.2, 0.25) is 0 Å². The van der Waals surface area contributed by atoms with Gasteiger partial charge in [-0.15, -0.1) is 12.4 Å². The number of hydrogen-bond donors (Lipinski definition) is 1. The van der Waals surface area contributed by atoms with E-state index in [0.717, 1.165) is 5.56 Å². The van der Waals surface area contributed by atoms with E-state index in [-0.39, 0.29) is 12.4 Å². The molecule has 0 bridgehead atoms. The van der Waals surface area contributed by atoms with Crippen LogP contribution in [-0.4, -0.2) is 39.2 Å². The smallest absolute Gasteiger partial charge is 0.320 e. The van der Waals surface area contributed by atoms with Crippen molar-refractivity contribution in [2.45, 2.75) is 39.3 Å². The maximum absolute atomic E-state index is 10.9. The molecule has 1 aromatic carbocycles. The molecule has 6 nitrogen and oxygen atoms in total. The molecular weight excluding hydrogens is 318 g/mol. The zero-order valence-electron chi connectivity index (χ0n) is 13.7. The summed E-state index contributed by atoms with van der Waals surface area (Å²) in [6.07, 6.45) is 0. The Bertz CT molecular complexity index is 640. The minimum absolute atomic E-state index is 0. The second kappa shape index (κ2) is 8.08. The summed E-state index contributed by atoms with van der Waals surface area (Å²) in [5.41, 5.74) is 2.14. The van der Waals surface area contributed by atoms with Crippen LogP contribution in [0.4, 0.5) is 0 Å². The van der Waals surface area contributed by atoms with E-state index >= 15 is 0 Å². The lowest BCUT2D eigenvalue weighted by atomic mass is 10.0. The molecule has 0 spiro atoms. The maximum atomic E-state index is 10.9. The van der Waals surface area contributed by atoms with Gasteiger partial charge in [-0.2, -0.15) is 4.98 Å². The highest BCUT2D eigenvalue weighted by molar-refractivity contribution is 5.85. The van der Waals surface area contributed by atoms with E-state index in [1.807, 2.05) is 12.1 Å². The lowest BCUT2D eigenvalue weighted by Gasteiger charge is -2.18. The van der Waals surface area contributed by atoms with Gasteiger partial charge >= 0.3 is 5.97 Å². The first-order chi connectivity index (χ1) is 10.4. The van der Waals surface area contributed by atoms with Crippen LogP contribution < -0.4 is 0 Å². The van der Waals surface area contributed by atoms with Gasteiger partial charge in [-0.3, -0.25) is 9.69 Å². The number of nitrogens with zero attached hydrogens (tertiary/aromatic N) is 3. The average Bonchev–Trinajstić information content (AvgIpc) is 2.94.